The standard InChI is InChI=1S/C17H23FN2O5S/c1-10(21)3-2-4-11-5-6-12-8-14(22)17(16(18)13(12)7-11)20-9-15(23)19-26(20,24)25/h8,10-11,21-22H,2-7,9H2,1H3,(H,19,23)/t10-,11-/m1/s1. The normalized spacial score (nSPS) is 22.8. The number of amides is 1. The van der Waals surface area contributed by atoms with Crippen LogP contribution in [0.15, 0.2) is 6.07 Å². The zero-order chi connectivity index (χ0) is 19.1. The molecule has 0 spiro atoms. The lowest BCUT2D eigenvalue weighted by molar-refractivity contribution is -0.117. The van der Waals surface area contributed by atoms with E-state index in [1.807, 2.05) is 0 Å². The SMILES string of the molecule is C[C@@H](O)CCC[C@@H]1CCc2cc(O)c(N3CC(=O)NS3(=O)=O)c(F)c2C1. The van der Waals surface area contributed by atoms with Crippen molar-refractivity contribution in [2.45, 2.75) is 51.6 Å². The summed E-state index contributed by atoms with van der Waals surface area (Å²) in [5.74, 6) is -1.78. The molecular weight excluding hydrogens is 363 g/mol. The maximum atomic E-state index is 15.1. The van der Waals surface area contributed by atoms with E-state index in [0.717, 1.165) is 19.3 Å². The molecule has 0 saturated carbocycles. The Morgan fingerprint density at radius 2 is 2.19 bits per heavy atom. The maximum absolute atomic E-state index is 15.1. The number of nitrogens with zero attached hydrogens (tertiary/aromatic N) is 1. The van der Waals surface area contributed by atoms with Crippen LogP contribution in [0.4, 0.5) is 10.1 Å². The number of aryl methyl sites for hydroxylation is 1. The molecule has 26 heavy (non-hydrogen) atoms. The van der Waals surface area contributed by atoms with Gasteiger partial charge in [0.05, 0.1) is 6.10 Å². The number of carbonyl (C=O) groups is 1. The number of aliphatic hydroxyl groups excluding tert-OH is 1. The smallest absolute Gasteiger partial charge is 0.326 e. The first kappa shape index (κ1) is 18.9. The minimum atomic E-state index is -4.19. The van der Waals surface area contributed by atoms with Crippen molar-refractivity contribution in [2.24, 2.45) is 5.92 Å². The average Bonchev–Trinajstić information content (AvgIpc) is 2.80. The molecule has 1 aromatic rings. The first-order chi connectivity index (χ1) is 12.2. The highest BCUT2D eigenvalue weighted by Crippen LogP contribution is 2.41. The third-order valence-corrected chi connectivity index (χ3v) is 6.41. The number of carbonyl (C=O) groups excluding carboxylic acids is 1. The number of hydrogen-bond acceptors (Lipinski definition) is 5. The molecule has 2 atom stereocenters. The van der Waals surface area contributed by atoms with Crippen LogP contribution >= 0.6 is 0 Å². The summed E-state index contributed by atoms with van der Waals surface area (Å²) >= 11 is 0. The molecular formula is C17H23FN2O5S. The summed E-state index contributed by atoms with van der Waals surface area (Å²) in [5.41, 5.74) is 0.610. The lowest BCUT2D eigenvalue weighted by Gasteiger charge is -2.28. The van der Waals surface area contributed by atoms with Crippen molar-refractivity contribution in [1.29, 1.82) is 0 Å². The largest absolute Gasteiger partial charge is 0.506 e. The van der Waals surface area contributed by atoms with Crippen molar-refractivity contribution in [2.75, 3.05) is 10.8 Å². The third kappa shape index (κ3) is 3.64. The van der Waals surface area contributed by atoms with Gasteiger partial charge in [-0.1, -0.05) is 12.8 Å². The van der Waals surface area contributed by atoms with Crippen LogP contribution in [0.5, 0.6) is 5.75 Å². The molecule has 1 amide bonds. The Morgan fingerprint density at radius 1 is 1.46 bits per heavy atom. The van der Waals surface area contributed by atoms with E-state index in [2.05, 4.69) is 0 Å². The summed E-state index contributed by atoms with van der Waals surface area (Å²) in [6.45, 7) is 1.18. The molecule has 1 aliphatic carbocycles. The van der Waals surface area contributed by atoms with Crippen LogP contribution in [0.25, 0.3) is 0 Å². The van der Waals surface area contributed by atoms with Crippen molar-refractivity contribution in [3.05, 3.63) is 23.0 Å². The van der Waals surface area contributed by atoms with Gasteiger partial charge in [-0.3, -0.25) is 4.79 Å². The summed E-state index contributed by atoms with van der Waals surface area (Å²) in [5, 5.41) is 19.5. The molecule has 144 valence electrons. The highest BCUT2D eigenvalue weighted by molar-refractivity contribution is 7.92. The third-order valence-electron chi connectivity index (χ3n) is 5.03. The van der Waals surface area contributed by atoms with Gasteiger partial charge in [-0.25, -0.2) is 13.4 Å². The molecule has 0 aromatic heterocycles. The Kier molecular flexibility index (Phi) is 5.12. The Labute approximate surface area is 152 Å². The predicted octanol–water partition coefficient (Wildman–Crippen LogP) is 1.37. The number of phenols is 1. The number of anilines is 1. The summed E-state index contributed by atoms with van der Waals surface area (Å²) < 4.78 is 41.5. The van der Waals surface area contributed by atoms with Crippen LogP contribution < -0.4 is 9.03 Å². The number of rotatable bonds is 5. The maximum Gasteiger partial charge on any atom is 0.326 e. The average molecular weight is 386 g/mol. The van der Waals surface area contributed by atoms with Crippen molar-refractivity contribution in [3.63, 3.8) is 0 Å². The van der Waals surface area contributed by atoms with Gasteiger partial charge >= 0.3 is 10.2 Å². The zero-order valence-electron chi connectivity index (χ0n) is 14.5. The predicted molar refractivity (Wildman–Crippen MR) is 93.5 cm³/mol. The fourth-order valence-corrected chi connectivity index (χ4v) is 4.91. The number of hydrogen-bond donors (Lipinski definition) is 3. The molecule has 1 saturated heterocycles. The van der Waals surface area contributed by atoms with Crippen LogP contribution in [0.3, 0.4) is 0 Å². The Bertz CT molecular complexity index is 825. The fourth-order valence-electron chi connectivity index (χ4n) is 3.74. The highest BCUT2D eigenvalue weighted by Gasteiger charge is 2.39. The van der Waals surface area contributed by atoms with Crippen LogP contribution in [-0.4, -0.2) is 37.2 Å². The van der Waals surface area contributed by atoms with Gasteiger partial charge < -0.3 is 10.2 Å². The monoisotopic (exact) mass is 386 g/mol. The second-order valence-corrected chi connectivity index (χ2v) is 8.72. The first-order valence-corrected chi connectivity index (χ1v) is 10.2. The van der Waals surface area contributed by atoms with Crippen LogP contribution in [-0.2, 0) is 27.8 Å². The van der Waals surface area contributed by atoms with Gasteiger partial charge in [0.25, 0.3) is 5.91 Å². The Hall–Kier alpha value is -1.87. The van der Waals surface area contributed by atoms with Gasteiger partial charge in [0.2, 0.25) is 0 Å². The lowest BCUT2D eigenvalue weighted by atomic mass is 9.80. The number of benzene rings is 1. The number of nitrogens with one attached hydrogen (secondary N) is 1. The molecule has 1 fully saturated rings. The fraction of sp³-hybridized carbons (Fsp3) is 0.588. The van der Waals surface area contributed by atoms with E-state index in [1.165, 1.54) is 6.07 Å². The van der Waals surface area contributed by atoms with Crippen molar-refractivity contribution in [3.8, 4) is 5.75 Å². The number of fused-ring (bicyclic) bond motifs is 1. The van der Waals surface area contributed by atoms with E-state index in [-0.39, 0.29) is 12.0 Å². The molecule has 0 unspecified atom stereocenters. The minimum Gasteiger partial charge on any atom is -0.506 e. The second-order valence-electron chi connectivity index (χ2n) is 7.12. The number of halogens is 1. The molecule has 3 rings (SSSR count). The minimum absolute atomic E-state index is 0.239. The van der Waals surface area contributed by atoms with E-state index < -0.39 is 39.9 Å². The van der Waals surface area contributed by atoms with Gasteiger partial charge in [-0.05, 0) is 55.7 Å². The van der Waals surface area contributed by atoms with Gasteiger partial charge in [-0.15, -0.1) is 0 Å². The first-order valence-electron chi connectivity index (χ1n) is 8.73. The van der Waals surface area contributed by atoms with E-state index in [1.54, 1.807) is 11.6 Å². The molecule has 1 heterocycles. The molecule has 3 N–H and O–H groups in total. The Morgan fingerprint density at radius 3 is 2.81 bits per heavy atom. The van der Waals surface area contributed by atoms with Gasteiger partial charge in [0, 0.05) is 0 Å². The van der Waals surface area contributed by atoms with E-state index in [0.29, 0.717) is 34.7 Å². The number of phenolic OH excluding ortho intramolecular Hbond substituents is 1. The molecule has 7 nitrogen and oxygen atoms in total. The molecule has 1 aromatic carbocycles. The summed E-state index contributed by atoms with van der Waals surface area (Å²) in [4.78, 5) is 11.4. The number of aliphatic hydroxyl groups is 1. The molecule has 2 aliphatic rings. The van der Waals surface area contributed by atoms with Gasteiger partial charge in [-0.2, -0.15) is 8.42 Å². The van der Waals surface area contributed by atoms with E-state index >= 15 is 4.39 Å². The highest BCUT2D eigenvalue weighted by atomic mass is 32.2. The van der Waals surface area contributed by atoms with Gasteiger partial charge in [0.1, 0.15) is 18.0 Å². The topological polar surface area (TPSA) is 107 Å². The summed E-state index contributed by atoms with van der Waals surface area (Å²) in [7, 11) is -4.19. The van der Waals surface area contributed by atoms with Crippen LogP contribution in [0.2, 0.25) is 0 Å². The van der Waals surface area contributed by atoms with E-state index in [4.69, 9.17) is 0 Å². The van der Waals surface area contributed by atoms with Crippen molar-refractivity contribution in [1.82, 2.24) is 4.72 Å². The second kappa shape index (κ2) is 7.03. The number of aromatic hydroxyl groups is 1. The van der Waals surface area contributed by atoms with Crippen molar-refractivity contribution >= 4 is 21.8 Å². The summed E-state index contributed by atoms with van der Waals surface area (Å²) in [6.07, 6.45) is 3.91. The lowest BCUT2D eigenvalue weighted by Crippen LogP contribution is -2.31. The quantitative estimate of drug-likeness (QED) is 0.709. The Balaban J connectivity index is 1.88. The van der Waals surface area contributed by atoms with Crippen LogP contribution in [0, 0.1) is 11.7 Å². The van der Waals surface area contributed by atoms with Crippen molar-refractivity contribution < 1.29 is 27.8 Å². The molecule has 9 heteroatoms. The zero-order valence-corrected chi connectivity index (χ0v) is 15.4. The van der Waals surface area contributed by atoms with Crippen LogP contribution in [0.1, 0.15) is 43.7 Å². The molecule has 0 bridgehead atoms. The molecule has 1 aliphatic heterocycles. The van der Waals surface area contributed by atoms with E-state index in [9.17, 15) is 23.4 Å². The molecule has 0 radical (unpaired) electrons. The van der Waals surface area contributed by atoms with Gasteiger partial charge in [0.15, 0.2) is 5.82 Å². The summed E-state index contributed by atoms with van der Waals surface area (Å²) in [6, 6.07) is 1.40.